The molecule has 0 saturated carbocycles. The van der Waals surface area contributed by atoms with E-state index in [1.807, 2.05) is 6.08 Å². The first kappa shape index (κ1) is 55.1. The van der Waals surface area contributed by atoms with Crippen molar-refractivity contribution in [2.24, 2.45) is 0 Å². The number of nitrogens with one attached hydrogen (secondary N) is 1. The Morgan fingerprint density at radius 2 is 0.895 bits per heavy atom. The average molecular weight is 802 g/mol. The van der Waals surface area contributed by atoms with E-state index in [-0.39, 0.29) is 18.5 Å². The number of hydrogen-bond acceptors (Lipinski definition) is 5. The number of ether oxygens (including phenoxy) is 1. The zero-order chi connectivity index (χ0) is 41.5. The molecule has 1 amide bonds. The summed E-state index contributed by atoms with van der Waals surface area (Å²) in [7, 11) is 0. The van der Waals surface area contributed by atoms with Gasteiger partial charge in [0.05, 0.1) is 25.4 Å². The van der Waals surface area contributed by atoms with Gasteiger partial charge >= 0.3 is 5.97 Å². The van der Waals surface area contributed by atoms with Crippen molar-refractivity contribution in [2.45, 2.75) is 264 Å². The van der Waals surface area contributed by atoms with Crippen molar-refractivity contribution in [3.8, 4) is 0 Å². The van der Waals surface area contributed by atoms with Gasteiger partial charge < -0.3 is 20.3 Å². The van der Waals surface area contributed by atoms with Crippen LogP contribution >= 0.6 is 0 Å². The molecule has 0 aliphatic rings. The molecule has 6 heteroatoms. The molecule has 334 valence electrons. The predicted octanol–water partition coefficient (Wildman–Crippen LogP) is 14.5. The molecule has 0 radical (unpaired) electrons. The Labute approximate surface area is 353 Å². The van der Waals surface area contributed by atoms with Gasteiger partial charge in [0.1, 0.15) is 0 Å². The standard InChI is InChI=1S/C51H95NO5/c1-3-5-7-9-11-13-14-15-16-17-18-19-22-25-29-33-37-41-45-51(56)57-46-42-38-34-30-26-23-20-21-24-28-32-36-40-44-50(55)52-48(47-53)49(54)43-39-35-31-27-12-10-8-6-4-2/h16-17,21,24,32,36,48-49,53-54H,3-15,18-20,22-23,25-31,33-35,37-47H2,1-2H3,(H,52,55)/b17-16-,24-21-,36-32-. The summed E-state index contributed by atoms with van der Waals surface area (Å²) in [6.07, 6.45) is 55.6. The van der Waals surface area contributed by atoms with E-state index in [2.05, 4.69) is 49.5 Å². The third-order valence-corrected chi connectivity index (χ3v) is 11.2. The first-order chi connectivity index (χ1) is 28.0. The van der Waals surface area contributed by atoms with Crippen molar-refractivity contribution < 1.29 is 24.5 Å². The van der Waals surface area contributed by atoms with Gasteiger partial charge in [0.15, 0.2) is 0 Å². The number of aliphatic hydroxyl groups is 2. The lowest BCUT2D eigenvalue weighted by Crippen LogP contribution is -2.45. The van der Waals surface area contributed by atoms with Crippen molar-refractivity contribution in [3.63, 3.8) is 0 Å². The summed E-state index contributed by atoms with van der Waals surface area (Å²) in [5.41, 5.74) is 0. The molecule has 0 saturated heterocycles. The minimum Gasteiger partial charge on any atom is -0.466 e. The second kappa shape index (κ2) is 46.8. The molecule has 0 heterocycles. The highest BCUT2D eigenvalue weighted by Crippen LogP contribution is 2.15. The highest BCUT2D eigenvalue weighted by molar-refractivity contribution is 5.76. The van der Waals surface area contributed by atoms with Crippen molar-refractivity contribution >= 4 is 11.9 Å². The highest BCUT2D eigenvalue weighted by atomic mass is 16.5. The molecule has 0 bridgehead atoms. The summed E-state index contributed by atoms with van der Waals surface area (Å²) in [5.74, 6) is -0.140. The average Bonchev–Trinajstić information content (AvgIpc) is 3.21. The van der Waals surface area contributed by atoms with Gasteiger partial charge in [-0.1, -0.05) is 204 Å². The Morgan fingerprint density at radius 1 is 0.491 bits per heavy atom. The van der Waals surface area contributed by atoms with E-state index in [0.29, 0.717) is 32.3 Å². The van der Waals surface area contributed by atoms with Gasteiger partial charge in [-0.25, -0.2) is 0 Å². The molecule has 0 rings (SSSR count). The maximum Gasteiger partial charge on any atom is 0.305 e. The van der Waals surface area contributed by atoms with Crippen LogP contribution in [-0.2, 0) is 14.3 Å². The van der Waals surface area contributed by atoms with Crippen LogP contribution in [0.5, 0.6) is 0 Å². The van der Waals surface area contributed by atoms with Crippen LogP contribution in [0.3, 0.4) is 0 Å². The molecular formula is C51H95NO5. The molecule has 2 atom stereocenters. The molecule has 2 unspecified atom stereocenters. The Hall–Kier alpha value is -1.92. The van der Waals surface area contributed by atoms with Gasteiger partial charge in [-0.3, -0.25) is 9.59 Å². The van der Waals surface area contributed by atoms with Gasteiger partial charge in [0, 0.05) is 12.8 Å². The third-order valence-electron chi connectivity index (χ3n) is 11.2. The number of rotatable bonds is 45. The van der Waals surface area contributed by atoms with Gasteiger partial charge in [-0.05, 0) is 70.6 Å². The minimum atomic E-state index is -0.697. The molecule has 57 heavy (non-hydrogen) atoms. The third kappa shape index (κ3) is 43.5. The summed E-state index contributed by atoms with van der Waals surface area (Å²) >= 11 is 0. The van der Waals surface area contributed by atoms with Crippen LogP contribution in [0.2, 0.25) is 0 Å². The largest absolute Gasteiger partial charge is 0.466 e. The topological polar surface area (TPSA) is 95.9 Å². The lowest BCUT2D eigenvalue weighted by atomic mass is 10.0. The van der Waals surface area contributed by atoms with Gasteiger partial charge in [0.2, 0.25) is 5.91 Å². The number of unbranched alkanes of at least 4 members (excludes halogenated alkanes) is 28. The van der Waals surface area contributed by atoms with Gasteiger partial charge in [0.25, 0.3) is 0 Å². The van der Waals surface area contributed by atoms with Crippen LogP contribution < -0.4 is 5.32 Å². The molecule has 0 spiro atoms. The van der Waals surface area contributed by atoms with E-state index >= 15 is 0 Å². The number of carbonyl (C=O) groups excluding carboxylic acids is 2. The lowest BCUT2D eigenvalue weighted by Gasteiger charge is -2.22. The van der Waals surface area contributed by atoms with E-state index in [4.69, 9.17) is 4.74 Å². The number of hydrogen-bond donors (Lipinski definition) is 3. The molecule has 0 aromatic carbocycles. The molecule has 3 N–H and O–H groups in total. The van der Waals surface area contributed by atoms with Crippen LogP contribution in [0.25, 0.3) is 0 Å². The summed E-state index contributed by atoms with van der Waals surface area (Å²) in [5, 5.41) is 23.0. The summed E-state index contributed by atoms with van der Waals surface area (Å²) in [4.78, 5) is 24.4. The summed E-state index contributed by atoms with van der Waals surface area (Å²) in [6, 6.07) is -0.583. The highest BCUT2D eigenvalue weighted by Gasteiger charge is 2.19. The van der Waals surface area contributed by atoms with Crippen molar-refractivity contribution in [3.05, 3.63) is 36.5 Å². The Kier molecular flexibility index (Phi) is 45.2. The predicted molar refractivity (Wildman–Crippen MR) is 246 cm³/mol. The van der Waals surface area contributed by atoms with Crippen LogP contribution in [-0.4, -0.2) is 47.4 Å². The Balaban J connectivity index is 3.51. The molecular weight excluding hydrogens is 707 g/mol. The summed E-state index contributed by atoms with van der Waals surface area (Å²) in [6.45, 7) is 4.85. The number of amides is 1. The fraction of sp³-hybridized carbons (Fsp3) is 0.843. The monoisotopic (exact) mass is 802 g/mol. The second-order valence-corrected chi connectivity index (χ2v) is 16.8. The first-order valence-electron chi connectivity index (χ1n) is 24.7. The molecule has 0 aromatic heterocycles. The van der Waals surface area contributed by atoms with Crippen LogP contribution in [0.15, 0.2) is 36.5 Å². The number of carbonyl (C=O) groups is 2. The SMILES string of the molecule is CCCCCCCCC/C=C\CCCCCCCCCC(=O)OCCCCCCCC/C=C\C/C=C\CCC(=O)NC(CO)C(O)CCCCCCCCCCC. The maximum absolute atomic E-state index is 12.3. The molecule has 0 aliphatic heterocycles. The van der Waals surface area contributed by atoms with E-state index in [9.17, 15) is 19.8 Å². The van der Waals surface area contributed by atoms with Crippen LogP contribution in [0.1, 0.15) is 251 Å². The quantitative estimate of drug-likeness (QED) is 0.0324. The molecule has 6 nitrogen and oxygen atoms in total. The Morgan fingerprint density at radius 3 is 1.39 bits per heavy atom. The normalized spacial score (nSPS) is 13.0. The smallest absolute Gasteiger partial charge is 0.305 e. The minimum absolute atomic E-state index is 0.0210. The zero-order valence-electron chi connectivity index (χ0n) is 37.8. The number of allylic oxidation sites excluding steroid dienone is 6. The number of aliphatic hydroxyl groups excluding tert-OH is 2. The molecule has 0 aromatic rings. The maximum atomic E-state index is 12.3. The van der Waals surface area contributed by atoms with Crippen molar-refractivity contribution in [1.29, 1.82) is 0 Å². The van der Waals surface area contributed by atoms with E-state index < -0.39 is 12.1 Å². The zero-order valence-corrected chi connectivity index (χ0v) is 37.8. The fourth-order valence-corrected chi connectivity index (χ4v) is 7.33. The van der Waals surface area contributed by atoms with E-state index in [0.717, 1.165) is 51.4 Å². The Bertz CT molecular complexity index is 931. The van der Waals surface area contributed by atoms with Gasteiger partial charge in [-0.2, -0.15) is 0 Å². The van der Waals surface area contributed by atoms with E-state index in [1.54, 1.807) is 0 Å². The van der Waals surface area contributed by atoms with Crippen LogP contribution in [0, 0.1) is 0 Å². The van der Waals surface area contributed by atoms with E-state index in [1.165, 1.54) is 161 Å². The lowest BCUT2D eigenvalue weighted by molar-refractivity contribution is -0.143. The molecule has 0 fully saturated rings. The van der Waals surface area contributed by atoms with Crippen molar-refractivity contribution in [1.82, 2.24) is 5.32 Å². The molecule has 0 aliphatic carbocycles. The first-order valence-corrected chi connectivity index (χ1v) is 24.7. The fourth-order valence-electron chi connectivity index (χ4n) is 7.33. The van der Waals surface area contributed by atoms with Crippen molar-refractivity contribution in [2.75, 3.05) is 13.2 Å². The second-order valence-electron chi connectivity index (χ2n) is 16.8. The summed E-state index contributed by atoms with van der Waals surface area (Å²) < 4.78 is 5.45. The van der Waals surface area contributed by atoms with Crippen LogP contribution in [0.4, 0.5) is 0 Å². The van der Waals surface area contributed by atoms with Gasteiger partial charge in [-0.15, -0.1) is 0 Å². The number of esters is 1.